The molecule has 0 amide bonds. The summed E-state index contributed by atoms with van der Waals surface area (Å²) >= 11 is 0. The van der Waals surface area contributed by atoms with E-state index in [0.717, 1.165) is 18.8 Å². The number of nitrogens with zero attached hydrogens (tertiary/aromatic N) is 4. The van der Waals surface area contributed by atoms with Crippen molar-refractivity contribution in [1.29, 1.82) is 0 Å². The number of rotatable bonds is 4. The molecule has 3 rings (SSSR count). The zero-order chi connectivity index (χ0) is 13.2. The molecule has 0 fully saturated rings. The van der Waals surface area contributed by atoms with E-state index in [0.29, 0.717) is 0 Å². The lowest BCUT2D eigenvalue weighted by Gasteiger charge is -2.05. The first-order valence-electron chi connectivity index (χ1n) is 6.34. The van der Waals surface area contributed by atoms with Crippen LogP contribution in [0.15, 0.2) is 36.7 Å². The van der Waals surface area contributed by atoms with Gasteiger partial charge in [0.1, 0.15) is 5.69 Å². The average Bonchev–Trinajstić information content (AvgIpc) is 2.98. The van der Waals surface area contributed by atoms with E-state index >= 15 is 0 Å². The summed E-state index contributed by atoms with van der Waals surface area (Å²) in [5.41, 5.74) is 3.49. The Morgan fingerprint density at radius 3 is 2.89 bits per heavy atom. The van der Waals surface area contributed by atoms with Crippen molar-refractivity contribution in [2.45, 2.75) is 13.1 Å². The van der Waals surface area contributed by atoms with Crippen molar-refractivity contribution < 1.29 is 0 Å². The van der Waals surface area contributed by atoms with Gasteiger partial charge in [0.05, 0.1) is 6.54 Å². The van der Waals surface area contributed by atoms with Gasteiger partial charge in [-0.1, -0.05) is 17.3 Å². The molecule has 98 valence electrons. The van der Waals surface area contributed by atoms with Gasteiger partial charge in [0, 0.05) is 31.5 Å². The van der Waals surface area contributed by atoms with Crippen LogP contribution in [0.1, 0.15) is 11.3 Å². The van der Waals surface area contributed by atoms with Gasteiger partial charge in [0.2, 0.25) is 0 Å². The summed E-state index contributed by atoms with van der Waals surface area (Å²) < 4.78 is 3.94. The Hall–Kier alpha value is -2.14. The van der Waals surface area contributed by atoms with Gasteiger partial charge in [-0.25, -0.2) is 0 Å². The van der Waals surface area contributed by atoms with Gasteiger partial charge in [-0.3, -0.25) is 4.68 Å². The smallest absolute Gasteiger partial charge is 0.102 e. The summed E-state index contributed by atoms with van der Waals surface area (Å²) in [6, 6.07) is 8.68. The minimum Gasteiger partial charge on any atom is -0.341 e. The SMILES string of the molecule is CNCc1ccc2ccn(Cc3cn(C)nn3)c2c1. The molecule has 0 bridgehead atoms. The summed E-state index contributed by atoms with van der Waals surface area (Å²) in [5, 5.41) is 12.5. The summed E-state index contributed by atoms with van der Waals surface area (Å²) in [7, 11) is 3.85. The highest BCUT2D eigenvalue weighted by atomic mass is 15.4. The van der Waals surface area contributed by atoms with Gasteiger partial charge in [-0.15, -0.1) is 5.10 Å². The molecule has 2 aromatic heterocycles. The molecule has 0 aliphatic rings. The van der Waals surface area contributed by atoms with E-state index in [9.17, 15) is 0 Å². The summed E-state index contributed by atoms with van der Waals surface area (Å²) in [5.74, 6) is 0. The molecule has 0 aliphatic carbocycles. The van der Waals surface area contributed by atoms with Crippen LogP contribution in [-0.2, 0) is 20.1 Å². The molecule has 0 aliphatic heterocycles. The summed E-state index contributed by atoms with van der Waals surface area (Å²) in [6.45, 7) is 1.63. The molecule has 0 atom stereocenters. The normalized spacial score (nSPS) is 11.3. The van der Waals surface area contributed by atoms with E-state index in [4.69, 9.17) is 0 Å². The van der Waals surface area contributed by atoms with Crippen molar-refractivity contribution >= 4 is 10.9 Å². The molecule has 3 aromatic rings. The highest BCUT2D eigenvalue weighted by Crippen LogP contribution is 2.18. The third-order valence-electron chi connectivity index (χ3n) is 3.20. The van der Waals surface area contributed by atoms with Crippen LogP contribution in [-0.4, -0.2) is 26.6 Å². The minimum absolute atomic E-state index is 0.750. The first-order valence-corrected chi connectivity index (χ1v) is 6.34. The number of nitrogens with one attached hydrogen (secondary N) is 1. The van der Waals surface area contributed by atoms with Crippen molar-refractivity contribution in [1.82, 2.24) is 24.9 Å². The Kier molecular flexibility index (Phi) is 3.05. The number of aryl methyl sites for hydroxylation is 1. The predicted octanol–water partition coefficient (Wildman–Crippen LogP) is 1.54. The molecular formula is C14H17N5. The third-order valence-corrected chi connectivity index (χ3v) is 3.20. The first-order chi connectivity index (χ1) is 9.26. The van der Waals surface area contributed by atoms with E-state index in [-0.39, 0.29) is 0 Å². The van der Waals surface area contributed by atoms with Gasteiger partial charge in [-0.05, 0) is 30.1 Å². The van der Waals surface area contributed by atoms with Gasteiger partial charge in [0.15, 0.2) is 0 Å². The topological polar surface area (TPSA) is 47.7 Å². The van der Waals surface area contributed by atoms with Gasteiger partial charge in [-0.2, -0.15) is 0 Å². The Bertz CT molecular complexity index is 695. The molecule has 0 saturated carbocycles. The second-order valence-electron chi connectivity index (χ2n) is 4.75. The van der Waals surface area contributed by atoms with Crippen molar-refractivity contribution in [2.24, 2.45) is 7.05 Å². The lowest BCUT2D eigenvalue weighted by atomic mass is 10.1. The predicted molar refractivity (Wildman–Crippen MR) is 74.8 cm³/mol. The fourth-order valence-corrected chi connectivity index (χ4v) is 2.32. The van der Waals surface area contributed by atoms with Gasteiger partial charge >= 0.3 is 0 Å². The molecule has 19 heavy (non-hydrogen) atoms. The van der Waals surface area contributed by atoms with Crippen LogP contribution in [0.5, 0.6) is 0 Å². The lowest BCUT2D eigenvalue weighted by molar-refractivity contribution is 0.711. The lowest BCUT2D eigenvalue weighted by Crippen LogP contribution is -2.05. The molecule has 2 heterocycles. The Labute approximate surface area is 111 Å². The summed E-state index contributed by atoms with van der Waals surface area (Å²) in [4.78, 5) is 0. The number of fused-ring (bicyclic) bond motifs is 1. The molecule has 0 saturated heterocycles. The third kappa shape index (κ3) is 2.37. The van der Waals surface area contributed by atoms with Crippen LogP contribution < -0.4 is 5.32 Å². The van der Waals surface area contributed by atoms with E-state index in [1.54, 1.807) is 4.68 Å². The number of aromatic nitrogens is 4. The molecule has 0 unspecified atom stereocenters. The standard InChI is InChI=1S/C14H17N5/c1-15-8-11-3-4-12-5-6-19(14(12)7-11)10-13-9-18(2)17-16-13/h3-7,9,15H,8,10H2,1-2H3. The molecule has 5 heteroatoms. The number of hydrogen-bond acceptors (Lipinski definition) is 3. The highest BCUT2D eigenvalue weighted by Gasteiger charge is 2.05. The van der Waals surface area contributed by atoms with Crippen molar-refractivity contribution in [3.8, 4) is 0 Å². The van der Waals surface area contributed by atoms with Crippen LogP contribution in [0, 0.1) is 0 Å². The molecule has 1 N–H and O–H groups in total. The monoisotopic (exact) mass is 255 g/mol. The van der Waals surface area contributed by atoms with Crippen molar-refractivity contribution in [3.63, 3.8) is 0 Å². The fraction of sp³-hybridized carbons (Fsp3) is 0.286. The van der Waals surface area contributed by atoms with E-state index < -0.39 is 0 Å². The Balaban J connectivity index is 1.96. The molecule has 1 aromatic carbocycles. The largest absolute Gasteiger partial charge is 0.341 e. The maximum atomic E-state index is 4.14. The average molecular weight is 255 g/mol. The van der Waals surface area contributed by atoms with E-state index in [1.165, 1.54) is 16.5 Å². The first kappa shape index (κ1) is 11.9. The number of benzene rings is 1. The van der Waals surface area contributed by atoms with E-state index in [1.807, 2.05) is 20.3 Å². The fourth-order valence-electron chi connectivity index (χ4n) is 2.32. The van der Waals surface area contributed by atoms with Crippen LogP contribution >= 0.6 is 0 Å². The van der Waals surface area contributed by atoms with Crippen LogP contribution in [0.4, 0.5) is 0 Å². The Morgan fingerprint density at radius 2 is 2.16 bits per heavy atom. The number of hydrogen-bond donors (Lipinski definition) is 1. The molecule has 0 spiro atoms. The van der Waals surface area contributed by atoms with E-state index in [2.05, 4.69) is 50.7 Å². The van der Waals surface area contributed by atoms with Crippen molar-refractivity contribution in [2.75, 3.05) is 7.05 Å². The second kappa shape index (κ2) is 4.85. The van der Waals surface area contributed by atoms with Crippen LogP contribution in [0.2, 0.25) is 0 Å². The Morgan fingerprint density at radius 1 is 1.26 bits per heavy atom. The van der Waals surface area contributed by atoms with Gasteiger partial charge in [0.25, 0.3) is 0 Å². The quantitative estimate of drug-likeness (QED) is 0.769. The molecule has 5 nitrogen and oxygen atoms in total. The second-order valence-corrected chi connectivity index (χ2v) is 4.75. The van der Waals surface area contributed by atoms with Crippen molar-refractivity contribution in [3.05, 3.63) is 47.9 Å². The zero-order valence-electron chi connectivity index (χ0n) is 11.2. The van der Waals surface area contributed by atoms with Crippen LogP contribution in [0.3, 0.4) is 0 Å². The minimum atomic E-state index is 0.750. The van der Waals surface area contributed by atoms with Gasteiger partial charge < -0.3 is 9.88 Å². The maximum Gasteiger partial charge on any atom is 0.102 e. The molecule has 0 radical (unpaired) electrons. The molecular weight excluding hydrogens is 238 g/mol. The summed E-state index contributed by atoms with van der Waals surface area (Å²) in [6.07, 6.45) is 4.05. The maximum absolute atomic E-state index is 4.14. The zero-order valence-corrected chi connectivity index (χ0v) is 11.2. The highest BCUT2D eigenvalue weighted by molar-refractivity contribution is 5.80. The van der Waals surface area contributed by atoms with Crippen LogP contribution in [0.25, 0.3) is 10.9 Å².